The van der Waals surface area contributed by atoms with Gasteiger partial charge < -0.3 is 15.2 Å². The number of hydrogen-bond donors (Lipinski definition) is 1. The van der Waals surface area contributed by atoms with Gasteiger partial charge in [-0.25, -0.2) is 9.37 Å². The normalized spacial score (nSPS) is 17.6. The summed E-state index contributed by atoms with van der Waals surface area (Å²) in [5.74, 6) is 0.664. The molecule has 3 aromatic heterocycles. The van der Waals surface area contributed by atoms with Crippen LogP contribution in [-0.4, -0.2) is 63.9 Å². The fraction of sp³-hybridized carbons (Fsp3) is 0.400. The number of hydrogen-bond acceptors (Lipinski definition) is 7. The van der Waals surface area contributed by atoms with Crippen LogP contribution < -0.4 is 10.5 Å². The van der Waals surface area contributed by atoms with E-state index in [2.05, 4.69) is 34.3 Å². The fourth-order valence-corrected chi connectivity index (χ4v) is 4.49. The Morgan fingerprint density at radius 2 is 2.06 bits per heavy atom. The summed E-state index contributed by atoms with van der Waals surface area (Å²) in [6.45, 7) is 5.06. The van der Waals surface area contributed by atoms with Gasteiger partial charge in [-0.2, -0.15) is 0 Å². The number of halogens is 1. The number of nitrogens with two attached hydrogens (primary N) is 1. The number of methoxy groups -OCH3 is 1. The highest BCUT2D eigenvalue weighted by molar-refractivity contribution is 5.86. The lowest BCUT2D eigenvalue weighted by Gasteiger charge is -2.24. The number of likely N-dealkylation sites (tertiary alicyclic amines) is 1. The third kappa shape index (κ3) is 4.46. The number of benzene rings is 1. The summed E-state index contributed by atoms with van der Waals surface area (Å²) in [7, 11) is 1.64. The van der Waals surface area contributed by atoms with Gasteiger partial charge in [0.25, 0.3) is 0 Å². The Hall–Kier alpha value is -3.14. The zero-order valence-electron chi connectivity index (χ0n) is 19.4. The fourth-order valence-electron chi connectivity index (χ4n) is 4.49. The van der Waals surface area contributed by atoms with Crippen LogP contribution in [0, 0.1) is 5.82 Å². The Labute approximate surface area is 197 Å². The maximum atomic E-state index is 14.2. The van der Waals surface area contributed by atoms with E-state index in [1.165, 1.54) is 12.1 Å². The molecule has 4 heterocycles. The third-order valence-electron chi connectivity index (χ3n) is 6.41. The highest BCUT2D eigenvalue weighted by Crippen LogP contribution is 2.30. The molecule has 0 unspecified atom stereocenters. The van der Waals surface area contributed by atoms with Gasteiger partial charge in [-0.15, -0.1) is 10.2 Å². The molecule has 5 rings (SSSR count). The maximum Gasteiger partial charge on any atom is 0.187 e. The van der Waals surface area contributed by atoms with Crippen molar-refractivity contribution in [1.82, 2.24) is 24.5 Å². The lowest BCUT2D eigenvalue weighted by molar-refractivity contribution is 0.172. The predicted molar refractivity (Wildman–Crippen MR) is 128 cm³/mol. The van der Waals surface area contributed by atoms with Crippen LogP contribution in [0.3, 0.4) is 0 Å². The molecule has 1 fully saturated rings. The van der Waals surface area contributed by atoms with Crippen molar-refractivity contribution in [3.63, 3.8) is 0 Å². The van der Waals surface area contributed by atoms with Crippen LogP contribution in [0.1, 0.15) is 31.4 Å². The molecule has 0 radical (unpaired) electrons. The molecule has 8 nitrogen and oxygen atoms in total. The van der Waals surface area contributed by atoms with E-state index in [9.17, 15) is 4.39 Å². The standard InChI is InChI=1S/C25H29FN6O2/c1-16(31-9-8-20(27)15-31)18-5-7-23-29-30-25(32(23)14-18)21-6-4-17-12-19(26)13-22(24(17)28-21)34-11-3-10-33-2/h4-7,12-14,16,20H,3,8-11,15,27H2,1-2H3/t16-,20-/m0/s1. The second-order valence-corrected chi connectivity index (χ2v) is 8.80. The summed E-state index contributed by atoms with van der Waals surface area (Å²) in [6.07, 6.45) is 3.78. The van der Waals surface area contributed by atoms with Crippen molar-refractivity contribution in [2.45, 2.75) is 31.8 Å². The monoisotopic (exact) mass is 464 g/mol. The zero-order chi connectivity index (χ0) is 23.7. The summed E-state index contributed by atoms with van der Waals surface area (Å²) in [6, 6.07) is 11.0. The van der Waals surface area contributed by atoms with E-state index in [0.717, 1.165) is 30.7 Å². The number of ether oxygens (including phenoxy) is 2. The Morgan fingerprint density at radius 1 is 1.18 bits per heavy atom. The van der Waals surface area contributed by atoms with E-state index < -0.39 is 0 Å². The largest absolute Gasteiger partial charge is 0.491 e. The van der Waals surface area contributed by atoms with Crippen molar-refractivity contribution in [3.8, 4) is 17.3 Å². The maximum absolute atomic E-state index is 14.2. The van der Waals surface area contributed by atoms with E-state index in [0.29, 0.717) is 47.8 Å². The van der Waals surface area contributed by atoms with Gasteiger partial charge in [0.1, 0.15) is 22.8 Å². The van der Waals surface area contributed by atoms with Gasteiger partial charge in [-0.3, -0.25) is 9.30 Å². The van der Waals surface area contributed by atoms with Gasteiger partial charge in [-0.05, 0) is 37.1 Å². The summed E-state index contributed by atoms with van der Waals surface area (Å²) in [5, 5.41) is 9.39. The summed E-state index contributed by atoms with van der Waals surface area (Å²) >= 11 is 0. The minimum atomic E-state index is -0.364. The van der Waals surface area contributed by atoms with Crippen LogP contribution in [0.15, 0.2) is 42.6 Å². The molecule has 0 amide bonds. The van der Waals surface area contributed by atoms with E-state index >= 15 is 0 Å². The number of aromatic nitrogens is 4. The Balaban J connectivity index is 1.50. The molecule has 1 aromatic carbocycles. The van der Waals surface area contributed by atoms with E-state index in [-0.39, 0.29) is 17.9 Å². The SMILES string of the molecule is COCCCOc1cc(F)cc2ccc(-c3nnc4ccc([C@H](C)N5CC[C@H](N)C5)cn34)nc12. The van der Waals surface area contributed by atoms with Crippen molar-refractivity contribution in [1.29, 1.82) is 0 Å². The third-order valence-corrected chi connectivity index (χ3v) is 6.41. The highest BCUT2D eigenvalue weighted by Gasteiger charge is 2.25. The number of nitrogens with zero attached hydrogens (tertiary/aromatic N) is 5. The minimum absolute atomic E-state index is 0.229. The van der Waals surface area contributed by atoms with Crippen LogP contribution in [0.5, 0.6) is 5.75 Å². The van der Waals surface area contributed by atoms with Gasteiger partial charge in [-0.1, -0.05) is 12.1 Å². The van der Waals surface area contributed by atoms with Crippen molar-refractivity contribution in [2.24, 2.45) is 5.73 Å². The van der Waals surface area contributed by atoms with Crippen LogP contribution >= 0.6 is 0 Å². The second kappa shape index (κ2) is 9.61. The first-order chi connectivity index (χ1) is 16.5. The molecule has 178 valence electrons. The minimum Gasteiger partial charge on any atom is -0.491 e. The molecule has 34 heavy (non-hydrogen) atoms. The van der Waals surface area contributed by atoms with Gasteiger partial charge in [0, 0.05) is 63.0 Å². The van der Waals surface area contributed by atoms with Crippen molar-refractivity contribution in [3.05, 3.63) is 54.0 Å². The number of fused-ring (bicyclic) bond motifs is 2. The number of rotatable bonds is 8. The van der Waals surface area contributed by atoms with E-state index in [4.69, 9.17) is 20.2 Å². The molecule has 1 aliphatic rings. The van der Waals surface area contributed by atoms with Crippen molar-refractivity contribution < 1.29 is 13.9 Å². The lowest BCUT2D eigenvalue weighted by atomic mass is 10.1. The van der Waals surface area contributed by atoms with Gasteiger partial charge >= 0.3 is 0 Å². The highest BCUT2D eigenvalue weighted by atomic mass is 19.1. The summed E-state index contributed by atoms with van der Waals surface area (Å²) in [4.78, 5) is 7.19. The molecular formula is C25H29FN6O2. The summed E-state index contributed by atoms with van der Waals surface area (Å²) < 4.78 is 27.0. The molecule has 1 saturated heterocycles. The van der Waals surface area contributed by atoms with Crippen molar-refractivity contribution >= 4 is 16.6 Å². The molecule has 0 saturated carbocycles. The van der Waals surface area contributed by atoms with E-state index in [1.54, 1.807) is 7.11 Å². The van der Waals surface area contributed by atoms with Crippen LogP contribution in [-0.2, 0) is 4.74 Å². The van der Waals surface area contributed by atoms with Crippen LogP contribution in [0.4, 0.5) is 4.39 Å². The molecule has 0 spiro atoms. The first-order valence-electron chi connectivity index (χ1n) is 11.6. The van der Waals surface area contributed by atoms with Crippen LogP contribution in [0.25, 0.3) is 28.1 Å². The predicted octanol–water partition coefficient (Wildman–Crippen LogP) is 3.59. The molecule has 0 bridgehead atoms. The summed E-state index contributed by atoms with van der Waals surface area (Å²) in [5.41, 5.74) is 9.24. The first kappa shape index (κ1) is 22.6. The average Bonchev–Trinajstić information content (AvgIpc) is 3.47. The van der Waals surface area contributed by atoms with E-state index in [1.807, 2.05) is 22.6 Å². The Morgan fingerprint density at radius 3 is 2.85 bits per heavy atom. The Bertz CT molecular complexity index is 1310. The number of pyridine rings is 2. The molecular weight excluding hydrogens is 435 g/mol. The van der Waals surface area contributed by atoms with Crippen molar-refractivity contribution in [2.75, 3.05) is 33.4 Å². The molecule has 2 atom stereocenters. The van der Waals surface area contributed by atoms with Gasteiger partial charge in [0.2, 0.25) is 0 Å². The molecule has 4 aromatic rings. The van der Waals surface area contributed by atoms with Gasteiger partial charge in [0.15, 0.2) is 11.5 Å². The smallest absolute Gasteiger partial charge is 0.187 e. The molecule has 2 N–H and O–H groups in total. The first-order valence-corrected chi connectivity index (χ1v) is 11.6. The lowest BCUT2D eigenvalue weighted by Crippen LogP contribution is -2.28. The molecule has 9 heteroatoms. The zero-order valence-corrected chi connectivity index (χ0v) is 19.4. The quantitative estimate of drug-likeness (QED) is 0.399. The topological polar surface area (TPSA) is 90.8 Å². The van der Waals surface area contributed by atoms with Crippen LogP contribution in [0.2, 0.25) is 0 Å². The molecule has 1 aliphatic heterocycles. The molecule has 0 aliphatic carbocycles. The average molecular weight is 465 g/mol. The Kier molecular flexibility index (Phi) is 6.40. The second-order valence-electron chi connectivity index (χ2n) is 8.80. The van der Waals surface area contributed by atoms with Gasteiger partial charge in [0.05, 0.1) is 6.61 Å².